The van der Waals surface area contributed by atoms with Crippen molar-refractivity contribution in [2.24, 2.45) is 24.8 Å². The summed E-state index contributed by atoms with van der Waals surface area (Å²) in [6, 6.07) is 16.1. The Morgan fingerprint density at radius 3 is 2.25 bits per heavy atom. The number of carbonyl (C=O) groups is 3. The van der Waals surface area contributed by atoms with Crippen LogP contribution in [0.5, 0.6) is 0 Å². The minimum atomic E-state index is -0.671. The van der Waals surface area contributed by atoms with Crippen LogP contribution in [0.25, 0.3) is 17.1 Å². The first-order valence-corrected chi connectivity index (χ1v) is 23.5. The minimum absolute atomic E-state index is 0.232. The molecule has 0 spiro atoms. The lowest BCUT2D eigenvalue weighted by Crippen LogP contribution is -2.47. The average molecular weight is 891 g/mol. The summed E-state index contributed by atoms with van der Waals surface area (Å²) < 4.78 is 4.29. The molecule has 5 aliphatic rings. The number of benzene rings is 2. The van der Waals surface area contributed by atoms with E-state index in [1.165, 1.54) is 35.2 Å². The predicted molar refractivity (Wildman–Crippen MR) is 242 cm³/mol. The molecule has 1 N–H and O–H groups in total. The van der Waals surface area contributed by atoms with Crippen molar-refractivity contribution in [3.63, 3.8) is 0 Å². The first-order valence-electron chi connectivity index (χ1n) is 22.7. The largest absolute Gasteiger partial charge is 0.329 e. The number of likely N-dealkylation sites (tertiary alicyclic amines) is 1. The van der Waals surface area contributed by atoms with Crippen molar-refractivity contribution < 1.29 is 14.4 Å². The van der Waals surface area contributed by atoms with Gasteiger partial charge in [-0.05, 0) is 117 Å². The van der Waals surface area contributed by atoms with Crippen LogP contribution in [0.4, 0.5) is 0 Å². The number of hydrogen-bond donors (Lipinski definition) is 1. The van der Waals surface area contributed by atoms with Gasteiger partial charge in [-0.3, -0.25) is 43.6 Å². The number of halogens is 1. The second-order valence-corrected chi connectivity index (χ2v) is 19.6. The second kappa shape index (κ2) is 18.2. The number of piperazine rings is 1. The third-order valence-corrected chi connectivity index (χ3v) is 15.4. The molecule has 0 radical (unpaired) electrons. The molecule has 61 heavy (non-hydrogen) atoms. The van der Waals surface area contributed by atoms with Crippen LogP contribution in [0.1, 0.15) is 109 Å². The fraction of sp³-hybridized carbons (Fsp3) is 0.531. The van der Waals surface area contributed by atoms with E-state index in [0.717, 1.165) is 118 Å². The molecule has 4 fully saturated rings. The number of ketones is 1. The molecule has 3 aliphatic heterocycles. The Morgan fingerprint density at radius 2 is 1.51 bits per heavy atom. The molecule has 2 atom stereocenters. The molecule has 11 nitrogen and oxygen atoms in total. The van der Waals surface area contributed by atoms with Gasteiger partial charge >= 0.3 is 5.69 Å². The number of fused-ring (bicyclic) bond motifs is 2. The molecular formula is C49H60BrN7O4. The van der Waals surface area contributed by atoms with Gasteiger partial charge in [-0.2, -0.15) is 0 Å². The minimum Gasteiger partial charge on any atom is -0.301 e. The smallest absolute Gasteiger partial charge is 0.301 e. The van der Waals surface area contributed by atoms with Gasteiger partial charge in [0.15, 0.2) is 5.78 Å². The van der Waals surface area contributed by atoms with E-state index in [2.05, 4.69) is 90.3 Å². The molecule has 2 amide bonds. The summed E-state index contributed by atoms with van der Waals surface area (Å²) in [5, 5.41) is 2.38. The van der Waals surface area contributed by atoms with Crippen LogP contribution in [0.2, 0.25) is 0 Å². The van der Waals surface area contributed by atoms with Gasteiger partial charge in [0.25, 0.3) is 0 Å². The van der Waals surface area contributed by atoms with Crippen LogP contribution in [0.3, 0.4) is 0 Å². The zero-order valence-electron chi connectivity index (χ0n) is 35.8. The van der Waals surface area contributed by atoms with Crippen LogP contribution < -0.4 is 11.0 Å². The standard InChI is InChI=1S/C49H60BrN7O4/c1-32-25-42-40(41(50)15-18-51-42)28-39(32)31-54-19-16-37(17-20-54)36-8-10-38(11-9-36)46(58)27-33-3-5-34(6-4-33)29-55-21-23-56(24-22-55)30-35-7-12-43-45(26-35)53(2)49(61)57(43)44-13-14-47(59)52-48(44)60/h7-12,15,18,26,28,32-34,37,44H,3-6,13-14,16-17,19-25,27,29-31H2,1-2H3,(H,52,59,60). The zero-order valence-corrected chi connectivity index (χ0v) is 37.4. The predicted octanol–water partition coefficient (Wildman–Crippen LogP) is 7.13. The van der Waals surface area contributed by atoms with Gasteiger partial charge in [0.2, 0.25) is 11.8 Å². The summed E-state index contributed by atoms with van der Waals surface area (Å²) in [6.07, 6.45) is 13.5. The Balaban J connectivity index is 0.688. The first kappa shape index (κ1) is 42.1. The highest BCUT2D eigenvalue weighted by molar-refractivity contribution is 9.10. The van der Waals surface area contributed by atoms with E-state index in [1.54, 1.807) is 16.2 Å². The van der Waals surface area contributed by atoms with Crippen molar-refractivity contribution in [2.75, 3.05) is 52.4 Å². The van der Waals surface area contributed by atoms with E-state index >= 15 is 0 Å². The SMILES string of the molecule is CC1Cc2nccc(Br)c2C=C1CN1CCC(c2ccc(C(=O)CC3CCC(CN4CCN(Cc5ccc6c(c5)n(C)c(=O)n6C5CCC(=O)NC5=O)CC4)CC3)cc2)CC1. The summed E-state index contributed by atoms with van der Waals surface area (Å²) >= 11 is 3.73. The Bertz CT molecular complexity index is 2360. The molecule has 5 heterocycles. The highest BCUT2D eigenvalue weighted by atomic mass is 79.9. The lowest BCUT2D eigenvalue weighted by molar-refractivity contribution is -0.135. The number of amides is 2. The Kier molecular flexibility index (Phi) is 12.6. The number of pyridine rings is 1. The van der Waals surface area contributed by atoms with Crippen molar-refractivity contribution in [1.29, 1.82) is 0 Å². The number of aryl methyl sites for hydroxylation is 1. The van der Waals surface area contributed by atoms with Crippen LogP contribution in [0, 0.1) is 17.8 Å². The summed E-state index contributed by atoms with van der Waals surface area (Å²) in [6.45, 7) is 11.6. The fourth-order valence-corrected chi connectivity index (χ4v) is 11.3. The van der Waals surface area contributed by atoms with E-state index in [-0.39, 0.29) is 18.0 Å². The third-order valence-electron chi connectivity index (χ3n) is 14.7. The molecule has 4 aromatic rings. The molecule has 12 heteroatoms. The molecule has 0 bridgehead atoms. The lowest BCUT2D eigenvalue weighted by Gasteiger charge is -2.38. The molecule has 1 saturated carbocycles. The number of rotatable bonds is 11. The van der Waals surface area contributed by atoms with Crippen molar-refractivity contribution in [2.45, 2.75) is 89.6 Å². The van der Waals surface area contributed by atoms with Gasteiger partial charge in [0, 0.05) is 93.2 Å². The normalized spacial score (nSPS) is 24.7. The van der Waals surface area contributed by atoms with Gasteiger partial charge in [-0.25, -0.2) is 4.79 Å². The number of Topliss-reactive ketones (excluding diaryl/α,β-unsaturated/α-hetero) is 1. The average Bonchev–Trinajstić information content (AvgIpc) is 3.50. The lowest BCUT2D eigenvalue weighted by atomic mass is 9.79. The fourth-order valence-electron chi connectivity index (χ4n) is 10.9. The number of nitrogens with one attached hydrogen (secondary N) is 1. The Hall–Kier alpha value is -4.23. The maximum Gasteiger partial charge on any atom is 0.329 e. The quantitative estimate of drug-likeness (QED) is 0.125. The number of piperidine rings is 2. The zero-order chi connectivity index (χ0) is 42.2. The van der Waals surface area contributed by atoms with Crippen LogP contribution in [-0.4, -0.2) is 98.8 Å². The molecule has 2 aromatic heterocycles. The number of imide groups is 1. The highest BCUT2D eigenvalue weighted by Crippen LogP contribution is 2.36. The number of carbonyl (C=O) groups excluding carboxylic acids is 3. The van der Waals surface area contributed by atoms with Crippen molar-refractivity contribution in [1.82, 2.24) is 34.1 Å². The maximum atomic E-state index is 13.4. The Labute approximate surface area is 367 Å². The van der Waals surface area contributed by atoms with Crippen molar-refractivity contribution >= 4 is 50.6 Å². The monoisotopic (exact) mass is 889 g/mol. The highest BCUT2D eigenvalue weighted by Gasteiger charge is 2.32. The van der Waals surface area contributed by atoms with E-state index in [4.69, 9.17) is 0 Å². The van der Waals surface area contributed by atoms with Gasteiger partial charge in [-0.15, -0.1) is 0 Å². The van der Waals surface area contributed by atoms with Crippen molar-refractivity contribution in [3.8, 4) is 0 Å². The number of imidazole rings is 1. The Morgan fingerprint density at radius 1 is 0.803 bits per heavy atom. The molecule has 2 unspecified atom stereocenters. The molecule has 2 aromatic carbocycles. The molecule has 322 valence electrons. The summed E-state index contributed by atoms with van der Waals surface area (Å²) in [7, 11) is 1.75. The first-order chi connectivity index (χ1) is 29.6. The number of nitrogens with zero attached hydrogens (tertiary/aromatic N) is 6. The number of hydrogen-bond acceptors (Lipinski definition) is 8. The van der Waals surface area contributed by atoms with Crippen LogP contribution in [0.15, 0.2) is 69.6 Å². The van der Waals surface area contributed by atoms with Gasteiger partial charge in [-0.1, -0.05) is 64.8 Å². The maximum absolute atomic E-state index is 13.4. The van der Waals surface area contributed by atoms with E-state index in [0.29, 0.717) is 42.3 Å². The third kappa shape index (κ3) is 9.29. The molecule has 9 rings (SSSR count). The van der Waals surface area contributed by atoms with Gasteiger partial charge in [0.05, 0.1) is 11.0 Å². The van der Waals surface area contributed by atoms with Gasteiger partial charge in [0.1, 0.15) is 6.04 Å². The summed E-state index contributed by atoms with van der Waals surface area (Å²) in [5.41, 5.74) is 8.65. The summed E-state index contributed by atoms with van der Waals surface area (Å²) in [5.74, 6) is 1.85. The van der Waals surface area contributed by atoms with E-state index in [1.807, 2.05) is 18.3 Å². The van der Waals surface area contributed by atoms with E-state index in [9.17, 15) is 19.2 Å². The molecule has 3 saturated heterocycles. The van der Waals surface area contributed by atoms with E-state index < -0.39 is 11.9 Å². The molecule has 2 aliphatic carbocycles. The number of aromatic nitrogens is 3. The van der Waals surface area contributed by atoms with Crippen LogP contribution in [-0.2, 0) is 29.6 Å². The molecular weight excluding hydrogens is 830 g/mol. The van der Waals surface area contributed by atoms with Crippen molar-refractivity contribution in [3.05, 3.63) is 103 Å². The topological polar surface area (TPSA) is 113 Å². The van der Waals surface area contributed by atoms with Gasteiger partial charge < -0.3 is 4.90 Å². The second-order valence-electron chi connectivity index (χ2n) is 18.7. The van der Waals surface area contributed by atoms with Crippen LogP contribution >= 0.6 is 15.9 Å². The summed E-state index contributed by atoms with van der Waals surface area (Å²) in [4.78, 5) is 63.3.